The van der Waals surface area contributed by atoms with Gasteiger partial charge in [-0.3, -0.25) is 0 Å². The Balaban J connectivity index is 0. The van der Waals surface area contributed by atoms with Gasteiger partial charge in [0.1, 0.15) is 0 Å². The normalized spacial score (nSPS) is 15.6. The van der Waals surface area contributed by atoms with Gasteiger partial charge in [-0.25, -0.2) is 0 Å². The van der Waals surface area contributed by atoms with Crippen molar-refractivity contribution in [3.05, 3.63) is 0 Å². The van der Waals surface area contributed by atoms with E-state index in [0.29, 0.717) is 0 Å². The Morgan fingerprint density at radius 1 is 1.50 bits per heavy atom. The van der Waals surface area contributed by atoms with Crippen LogP contribution in [-0.4, -0.2) is 20.3 Å². The molecule has 0 bridgehead atoms. The van der Waals surface area contributed by atoms with Gasteiger partial charge in [-0.1, -0.05) is 7.43 Å². The fourth-order valence-electron chi connectivity index (χ4n) is 0.509. The molecule has 0 saturated carbocycles. The minimum absolute atomic E-state index is 0. The molecule has 0 N–H and O–H groups in total. The highest BCUT2D eigenvalue weighted by Crippen LogP contribution is 2.16. The molecule has 10 heavy (non-hydrogen) atoms. The van der Waals surface area contributed by atoms with E-state index in [1.807, 2.05) is 0 Å². The molecule has 0 radical (unpaired) electrons. The van der Waals surface area contributed by atoms with Gasteiger partial charge in [-0.2, -0.15) is 24.7 Å². The van der Waals surface area contributed by atoms with Gasteiger partial charge < -0.3 is 4.43 Å². The molecule has 0 aromatic heterocycles. The molecule has 0 aliphatic rings. The Morgan fingerprint density at radius 3 is 2.30 bits per heavy atom. The predicted molar refractivity (Wildman–Crippen MR) is 57.6 cm³/mol. The molecule has 0 aromatic rings. The zero-order valence-electron chi connectivity index (χ0n) is 5.92. The molecule has 0 saturated heterocycles. The Hall–Kier alpha value is 0.877. The van der Waals surface area contributed by atoms with Gasteiger partial charge >= 0.3 is 0 Å². The number of thiol groups is 2. The van der Waals surface area contributed by atoms with Gasteiger partial charge in [-0.05, 0) is 24.8 Å². The lowest BCUT2D eigenvalue weighted by molar-refractivity contribution is 0.417. The highest BCUT2D eigenvalue weighted by molar-refractivity contribution is 8.13. The van der Waals surface area contributed by atoms with Crippen LogP contribution in [0.25, 0.3) is 0 Å². The smallest absolute Gasteiger partial charge is 0.247 e. The van der Waals surface area contributed by atoms with Crippen LogP contribution in [0, 0.1) is 0 Å². The molecule has 1 atom stereocenters. The standard InChI is InChI=1S/C5H14OS2Si.CH4/c1-6-9(2,8)5-3-4-7;/h7-8H,3-5H2,1-2H3;1H4. The van der Waals surface area contributed by atoms with Gasteiger partial charge in [0, 0.05) is 7.11 Å². The molecule has 0 spiro atoms. The highest BCUT2D eigenvalue weighted by atomic mass is 32.3. The third-order valence-corrected chi connectivity index (χ3v) is 4.93. The molecule has 0 rings (SSSR count). The van der Waals surface area contributed by atoms with Crippen molar-refractivity contribution in [1.29, 1.82) is 0 Å². The summed E-state index contributed by atoms with van der Waals surface area (Å²) in [5, 5.41) is 0. The second-order valence-corrected chi connectivity index (χ2v) is 8.75. The molecule has 0 aliphatic carbocycles. The fraction of sp³-hybridized carbons (Fsp3) is 1.00. The molecular weight excluding hydrogens is 180 g/mol. The molecule has 1 nitrogen and oxygen atoms in total. The third-order valence-electron chi connectivity index (χ3n) is 1.24. The van der Waals surface area contributed by atoms with Gasteiger partial charge in [0.2, 0.25) is 7.47 Å². The van der Waals surface area contributed by atoms with E-state index >= 15 is 0 Å². The van der Waals surface area contributed by atoms with Crippen molar-refractivity contribution in [2.75, 3.05) is 12.9 Å². The molecule has 0 fully saturated rings. The van der Waals surface area contributed by atoms with Crippen LogP contribution in [0.15, 0.2) is 0 Å². The lowest BCUT2D eigenvalue weighted by Crippen LogP contribution is -2.25. The van der Waals surface area contributed by atoms with Gasteiger partial charge in [0.25, 0.3) is 0 Å². The van der Waals surface area contributed by atoms with E-state index in [1.165, 1.54) is 0 Å². The highest BCUT2D eigenvalue weighted by Gasteiger charge is 2.20. The average Bonchev–Trinajstić information content (AvgIpc) is 1.84. The van der Waals surface area contributed by atoms with E-state index < -0.39 is 7.47 Å². The number of hydrogen-bond acceptors (Lipinski definition) is 3. The first-order chi connectivity index (χ1) is 4.12. The largest absolute Gasteiger partial charge is 0.410 e. The van der Waals surface area contributed by atoms with Crippen LogP contribution < -0.4 is 0 Å². The second kappa shape index (κ2) is 6.58. The van der Waals surface area contributed by atoms with Crippen LogP contribution in [0.1, 0.15) is 13.8 Å². The molecule has 1 unspecified atom stereocenters. The maximum absolute atomic E-state index is 5.21. The first-order valence-electron chi connectivity index (χ1n) is 3.01. The van der Waals surface area contributed by atoms with Gasteiger partial charge in [0.15, 0.2) is 0 Å². The summed E-state index contributed by atoms with van der Waals surface area (Å²) < 4.78 is 5.21. The summed E-state index contributed by atoms with van der Waals surface area (Å²) in [7, 11) is 0.181. The molecule has 0 heterocycles. The molecule has 0 aliphatic heterocycles. The molecular formula is C6H18OS2Si. The fourth-order valence-corrected chi connectivity index (χ4v) is 2.48. The van der Waals surface area contributed by atoms with Crippen molar-refractivity contribution in [3.8, 4) is 0 Å². The van der Waals surface area contributed by atoms with E-state index in [9.17, 15) is 0 Å². The van der Waals surface area contributed by atoms with E-state index in [1.54, 1.807) is 7.11 Å². The topological polar surface area (TPSA) is 9.23 Å². The van der Waals surface area contributed by atoms with Crippen LogP contribution in [0.2, 0.25) is 12.6 Å². The maximum atomic E-state index is 5.21. The monoisotopic (exact) mass is 198 g/mol. The summed E-state index contributed by atoms with van der Waals surface area (Å²) in [4.78, 5) is 0. The summed E-state index contributed by atoms with van der Waals surface area (Å²) in [5.74, 6) is 0.937. The minimum atomic E-state index is -1.55. The first-order valence-corrected chi connectivity index (χ1v) is 7.54. The summed E-state index contributed by atoms with van der Waals surface area (Å²) >= 11 is 8.51. The van der Waals surface area contributed by atoms with Crippen molar-refractivity contribution in [1.82, 2.24) is 0 Å². The Kier molecular flexibility index (Phi) is 8.86. The third kappa shape index (κ3) is 6.99. The Labute approximate surface area is 76.1 Å². The summed E-state index contributed by atoms with van der Waals surface area (Å²) in [6, 6.07) is 1.09. The van der Waals surface area contributed by atoms with Crippen LogP contribution in [0.5, 0.6) is 0 Å². The zero-order valence-corrected chi connectivity index (χ0v) is 8.71. The molecule has 4 heteroatoms. The van der Waals surface area contributed by atoms with Crippen LogP contribution in [0.3, 0.4) is 0 Å². The van der Waals surface area contributed by atoms with Gasteiger partial charge in [0.05, 0.1) is 0 Å². The second-order valence-electron chi connectivity index (χ2n) is 2.21. The predicted octanol–water partition coefficient (Wildman–Crippen LogP) is 2.59. The molecule has 0 amide bonds. The van der Waals surface area contributed by atoms with Crippen LogP contribution >= 0.6 is 24.7 Å². The lowest BCUT2D eigenvalue weighted by Gasteiger charge is -2.17. The molecule has 64 valence electrons. The number of hydrogen-bond donors (Lipinski definition) is 2. The lowest BCUT2D eigenvalue weighted by atomic mass is 10.6. The Morgan fingerprint density at radius 2 is 2.00 bits per heavy atom. The SMILES string of the molecule is C.CO[Si](C)(S)CCCS. The Bertz CT molecular complexity index is 78.1. The van der Waals surface area contributed by atoms with Crippen molar-refractivity contribution < 1.29 is 4.43 Å². The van der Waals surface area contributed by atoms with Crippen molar-refractivity contribution >= 4 is 32.2 Å². The number of rotatable bonds is 4. The molecule has 0 aromatic carbocycles. The zero-order chi connectivity index (χ0) is 7.33. The van der Waals surface area contributed by atoms with E-state index in [-0.39, 0.29) is 7.43 Å². The summed E-state index contributed by atoms with van der Waals surface area (Å²) in [5.41, 5.74) is 0. The summed E-state index contributed by atoms with van der Waals surface area (Å²) in [6.45, 7) is 2.10. The van der Waals surface area contributed by atoms with Crippen LogP contribution in [-0.2, 0) is 4.43 Å². The van der Waals surface area contributed by atoms with Crippen molar-refractivity contribution in [2.45, 2.75) is 26.4 Å². The minimum Gasteiger partial charge on any atom is -0.410 e. The first kappa shape index (κ1) is 13.5. The van der Waals surface area contributed by atoms with E-state index in [2.05, 4.69) is 31.3 Å². The maximum Gasteiger partial charge on any atom is 0.247 e. The quantitative estimate of drug-likeness (QED) is 0.521. The van der Waals surface area contributed by atoms with E-state index in [4.69, 9.17) is 4.43 Å². The van der Waals surface area contributed by atoms with Crippen molar-refractivity contribution in [2.24, 2.45) is 0 Å². The van der Waals surface area contributed by atoms with Crippen molar-refractivity contribution in [3.63, 3.8) is 0 Å². The summed E-state index contributed by atoms with van der Waals surface area (Å²) in [6.07, 6.45) is 1.11. The average molecular weight is 198 g/mol. The van der Waals surface area contributed by atoms with E-state index in [0.717, 1.165) is 18.2 Å². The van der Waals surface area contributed by atoms with Crippen LogP contribution in [0.4, 0.5) is 0 Å². The van der Waals surface area contributed by atoms with Gasteiger partial charge in [-0.15, -0.1) is 0 Å².